The molecule has 0 fully saturated rings. The molecule has 1 aromatic heterocycles. The lowest BCUT2D eigenvalue weighted by Gasteiger charge is -2.07. The van der Waals surface area contributed by atoms with Gasteiger partial charge in [0.1, 0.15) is 5.69 Å². The highest BCUT2D eigenvalue weighted by molar-refractivity contribution is 6.36. The topological polar surface area (TPSA) is 69.4 Å². The zero-order chi connectivity index (χ0) is 22.0. The van der Waals surface area contributed by atoms with Crippen molar-refractivity contribution in [2.24, 2.45) is 0 Å². The highest BCUT2D eigenvalue weighted by Crippen LogP contribution is 2.38. The lowest BCUT2D eigenvalue weighted by Crippen LogP contribution is -2.04. The number of halogens is 2. The maximum atomic E-state index is 13.5. The van der Waals surface area contributed by atoms with Gasteiger partial charge in [0.05, 0.1) is 23.3 Å². The Balaban J connectivity index is 1.89. The quantitative estimate of drug-likeness (QED) is 0.261. The van der Waals surface area contributed by atoms with Crippen LogP contribution in [0.4, 0.5) is 0 Å². The second-order valence-electron chi connectivity index (χ2n) is 6.62. The van der Waals surface area contributed by atoms with Crippen LogP contribution in [0.2, 0.25) is 10.0 Å². The third kappa shape index (κ3) is 4.10. The molecule has 31 heavy (non-hydrogen) atoms. The molecule has 1 heterocycles. The zero-order valence-corrected chi connectivity index (χ0v) is 17.8. The van der Waals surface area contributed by atoms with E-state index in [9.17, 15) is 9.59 Å². The fraction of sp³-hybridized carbons (Fsp3) is 0.0417. The molecule has 0 N–H and O–H groups in total. The van der Waals surface area contributed by atoms with Gasteiger partial charge in [-0.05, 0) is 30.3 Å². The molecule has 5 nitrogen and oxygen atoms in total. The van der Waals surface area contributed by atoms with Gasteiger partial charge in [0.25, 0.3) is 0 Å². The summed E-state index contributed by atoms with van der Waals surface area (Å²) in [5, 5.41) is 4.96. The summed E-state index contributed by atoms with van der Waals surface area (Å²) in [6.45, 7) is 0. The number of ketones is 1. The number of esters is 1. The number of hydrogen-bond donors (Lipinski definition) is 0. The summed E-state index contributed by atoms with van der Waals surface area (Å²) in [6.07, 6.45) is 0. The minimum absolute atomic E-state index is 0.238. The molecule has 0 amide bonds. The predicted molar refractivity (Wildman–Crippen MR) is 119 cm³/mol. The number of benzene rings is 3. The smallest absolute Gasteiger partial charge is 0.337 e. The van der Waals surface area contributed by atoms with Crippen LogP contribution in [0.15, 0.2) is 77.3 Å². The summed E-state index contributed by atoms with van der Waals surface area (Å²) in [7, 11) is 1.31. The number of nitrogens with zero attached hydrogens (tertiary/aromatic N) is 1. The van der Waals surface area contributed by atoms with Crippen LogP contribution in [-0.4, -0.2) is 24.0 Å². The summed E-state index contributed by atoms with van der Waals surface area (Å²) in [6, 6.07) is 20.3. The van der Waals surface area contributed by atoms with Crippen molar-refractivity contribution in [1.82, 2.24) is 5.16 Å². The van der Waals surface area contributed by atoms with Crippen molar-refractivity contribution >= 4 is 35.0 Å². The molecule has 0 aliphatic carbocycles. The molecule has 0 radical (unpaired) electrons. The van der Waals surface area contributed by atoms with Crippen LogP contribution >= 0.6 is 23.2 Å². The number of carbonyl (C=O) groups excluding carboxylic acids is 2. The lowest BCUT2D eigenvalue weighted by atomic mass is 9.95. The van der Waals surface area contributed by atoms with E-state index in [1.54, 1.807) is 66.7 Å². The van der Waals surface area contributed by atoms with Crippen molar-refractivity contribution in [3.8, 4) is 22.6 Å². The largest absolute Gasteiger partial charge is 0.465 e. The van der Waals surface area contributed by atoms with E-state index in [0.717, 1.165) is 0 Å². The maximum absolute atomic E-state index is 13.5. The van der Waals surface area contributed by atoms with Crippen molar-refractivity contribution < 1.29 is 18.8 Å². The predicted octanol–water partition coefficient (Wildman–Crippen LogP) is 6.33. The summed E-state index contributed by atoms with van der Waals surface area (Å²) in [5.74, 6) is -0.488. The Kier molecular flexibility index (Phi) is 5.89. The van der Waals surface area contributed by atoms with Gasteiger partial charge < -0.3 is 9.26 Å². The van der Waals surface area contributed by atoms with E-state index in [2.05, 4.69) is 5.16 Å². The van der Waals surface area contributed by atoms with Crippen LogP contribution in [0.25, 0.3) is 22.6 Å². The Morgan fingerprint density at radius 3 is 2.26 bits per heavy atom. The molecule has 4 aromatic rings. The van der Waals surface area contributed by atoms with Gasteiger partial charge in [-0.2, -0.15) is 0 Å². The summed E-state index contributed by atoms with van der Waals surface area (Å²) in [4.78, 5) is 25.2. The average molecular weight is 452 g/mol. The molecule has 0 saturated heterocycles. The van der Waals surface area contributed by atoms with Crippen LogP contribution in [0.3, 0.4) is 0 Å². The number of rotatable bonds is 5. The number of carbonyl (C=O) groups is 2. The van der Waals surface area contributed by atoms with E-state index in [0.29, 0.717) is 38.0 Å². The Morgan fingerprint density at radius 1 is 0.903 bits per heavy atom. The van der Waals surface area contributed by atoms with Gasteiger partial charge in [-0.3, -0.25) is 4.79 Å². The second kappa shape index (κ2) is 8.76. The molecule has 0 aliphatic rings. The number of methoxy groups -OCH3 is 1. The molecular formula is C24H15Cl2NO4. The number of aromatic nitrogens is 1. The third-order valence-corrected chi connectivity index (χ3v) is 5.26. The third-order valence-electron chi connectivity index (χ3n) is 4.71. The lowest BCUT2D eigenvalue weighted by molar-refractivity contribution is 0.0600. The van der Waals surface area contributed by atoms with Crippen molar-refractivity contribution in [2.75, 3.05) is 7.11 Å². The van der Waals surface area contributed by atoms with Gasteiger partial charge in [0, 0.05) is 21.7 Å². The van der Waals surface area contributed by atoms with Crippen LogP contribution in [0, 0.1) is 0 Å². The normalized spacial score (nSPS) is 10.7. The second-order valence-corrected chi connectivity index (χ2v) is 7.47. The van der Waals surface area contributed by atoms with E-state index >= 15 is 0 Å². The Bertz CT molecular complexity index is 1260. The fourth-order valence-electron chi connectivity index (χ4n) is 3.17. The van der Waals surface area contributed by atoms with E-state index in [1.165, 1.54) is 7.11 Å². The summed E-state index contributed by atoms with van der Waals surface area (Å²) < 4.78 is 10.3. The molecule has 3 aromatic carbocycles. The molecule has 0 spiro atoms. The van der Waals surface area contributed by atoms with E-state index in [4.69, 9.17) is 32.5 Å². The minimum Gasteiger partial charge on any atom is -0.465 e. The van der Waals surface area contributed by atoms with E-state index < -0.39 is 5.97 Å². The van der Waals surface area contributed by atoms with E-state index in [1.807, 2.05) is 6.07 Å². The molecule has 4 rings (SSSR count). The SMILES string of the molecule is COC(=O)c1ccc(-c2noc(-c3ccc(Cl)cc3Cl)c2C(=O)c2ccccc2)cc1. The highest BCUT2D eigenvalue weighted by atomic mass is 35.5. The van der Waals surface area contributed by atoms with Crippen LogP contribution < -0.4 is 0 Å². The molecule has 0 saturated carbocycles. The summed E-state index contributed by atoms with van der Waals surface area (Å²) >= 11 is 12.4. The van der Waals surface area contributed by atoms with Gasteiger partial charge in [-0.1, -0.05) is 70.8 Å². The average Bonchev–Trinajstić information content (AvgIpc) is 3.23. The van der Waals surface area contributed by atoms with Gasteiger partial charge in [-0.25, -0.2) is 4.79 Å². The summed E-state index contributed by atoms with van der Waals surface area (Å²) in [5.41, 5.74) is 2.56. The first-order valence-corrected chi connectivity index (χ1v) is 9.98. The minimum atomic E-state index is -0.457. The monoisotopic (exact) mass is 451 g/mol. The van der Waals surface area contributed by atoms with Gasteiger partial charge in [0.2, 0.25) is 0 Å². The maximum Gasteiger partial charge on any atom is 0.337 e. The van der Waals surface area contributed by atoms with E-state index in [-0.39, 0.29) is 17.1 Å². The molecular weight excluding hydrogens is 437 g/mol. The van der Waals surface area contributed by atoms with Crippen LogP contribution in [0.1, 0.15) is 26.3 Å². The van der Waals surface area contributed by atoms with Crippen molar-refractivity contribution in [1.29, 1.82) is 0 Å². The van der Waals surface area contributed by atoms with Gasteiger partial charge in [0.15, 0.2) is 11.5 Å². The Hall–Kier alpha value is -3.41. The molecule has 7 heteroatoms. The first-order valence-electron chi connectivity index (χ1n) is 9.23. The van der Waals surface area contributed by atoms with Crippen LogP contribution in [0.5, 0.6) is 0 Å². The van der Waals surface area contributed by atoms with Gasteiger partial charge in [-0.15, -0.1) is 0 Å². The van der Waals surface area contributed by atoms with Gasteiger partial charge >= 0.3 is 5.97 Å². The first-order chi connectivity index (χ1) is 15.0. The molecule has 0 bridgehead atoms. The molecule has 0 atom stereocenters. The fourth-order valence-corrected chi connectivity index (χ4v) is 3.67. The first kappa shape index (κ1) is 20.8. The standard InChI is InChI=1S/C24H15Cl2NO4/c1-30-24(29)16-9-7-14(8-10-16)21-20(22(28)15-5-3-2-4-6-15)23(31-27-21)18-12-11-17(25)13-19(18)26/h2-13H,1H3. The van der Waals surface area contributed by atoms with Crippen LogP contribution in [-0.2, 0) is 4.74 Å². The number of ether oxygens (including phenoxy) is 1. The molecule has 154 valence electrons. The zero-order valence-electron chi connectivity index (χ0n) is 16.3. The highest BCUT2D eigenvalue weighted by Gasteiger charge is 2.27. The van der Waals surface area contributed by atoms with Crippen molar-refractivity contribution in [2.45, 2.75) is 0 Å². The Labute approximate surface area is 188 Å². The van der Waals surface area contributed by atoms with Crippen molar-refractivity contribution in [3.05, 3.63) is 99.5 Å². The number of hydrogen-bond acceptors (Lipinski definition) is 5. The Morgan fingerprint density at radius 2 is 1.61 bits per heavy atom. The van der Waals surface area contributed by atoms with Crippen molar-refractivity contribution in [3.63, 3.8) is 0 Å². The molecule has 0 unspecified atom stereocenters. The molecule has 0 aliphatic heterocycles.